The van der Waals surface area contributed by atoms with Crippen LogP contribution in [0.3, 0.4) is 0 Å². The number of esters is 1. The summed E-state index contributed by atoms with van der Waals surface area (Å²) in [5, 5.41) is 0.595. The Morgan fingerprint density at radius 2 is 1.88 bits per heavy atom. The summed E-state index contributed by atoms with van der Waals surface area (Å²) >= 11 is 5.73. The molecule has 16 heavy (non-hydrogen) atoms. The van der Waals surface area contributed by atoms with Gasteiger partial charge in [-0.15, -0.1) is 0 Å². The molecule has 4 nitrogen and oxygen atoms in total. The first-order chi connectivity index (χ1) is 7.54. The molecule has 0 N–H and O–H groups in total. The Balaban J connectivity index is 2.70. The number of carbonyl (C=O) groups is 2. The lowest BCUT2D eigenvalue weighted by molar-refractivity contribution is -0.143. The second kappa shape index (κ2) is 5.51. The van der Waals surface area contributed by atoms with Gasteiger partial charge < -0.3 is 9.64 Å². The van der Waals surface area contributed by atoms with Crippen molar-refractivity contribution in [1.82, 2.24) is 0 Å². The lowest BCUT2D eigenvalue weighted by Gasteiger charge is -2.16. The highest BCUT2D eigenvalue weighted by atomic mass is 35.5. The summed E-state index contributed by atoms with van der Waals surface area (Å²) in [4.78, 5) is 23.9. The molecule has 1 amide bonds. The molecule has 86 valence electrons. The zero-order valence-corrected chi connectivity index (χ0v) is 9.82. The number of ether oxygens (including phenoxy) is 1. The standard InChI is InChI=1S/C11H12ClNO3/c1-13(10(14)7-11(15)16-2)9-5-3-8(12)4-6-9/h3-6H,7H2,1-2H3. The number of carbonyl (C=O) groups excluding carboxylic acids is 2. The van der Waals surface area contributed by atoms with Crippen LogP contribution in [-0.4, -0.2) is 26.0 Å². The predicted octanol–water partition coefficient (Wildman–Crippen LogP) is 1.87. The number of rotatable bonds is 3. The molecule has 0 aromatic heterocycles. The van der Waals surface area contributed by atoms with Crippen molar-refractivity contribution in [3.63, 3.8) is 0 Å². The van der Waals surface area contributed by atoms with E-state index >= 15 is 0 Å². The first kappa shape index (κ1) is 12.5. The van der Waals surface area contributed by atoms with E-state index in [2.05, 4.69) is 4.74 Å². The highest BCUT2D eigenvalue weighted by molar-refractivity contribution is 6.30. The topological polar surface area (TPSA) is 46.6 Å². The van der Waals surface area contributed by atoms with Crippen LogP contribution >= 0.6 is 11.6 Å². The van der Waals surface area contributed by atoms with Crippen LogP contribution in [0.5, 0.6) is 0 Å². The number of hydrogen-bond acceptors (Lipinski definition) is 3. The minimum absolute atomic E-state index is 0.268. The number of halogens is 1. The highest BCUT2D eigenvalue weighted by Gasteiger charge is 2.15. The third-order valence-electron chi connectivity index (χ3n) is 2.11. The quantitative estimate of drug-likeness (QED) is 0.600. The summed E-state index contributed by atoms with van der Waals surface area (Å²) in [5.41, 5.74) is 0.679. The molecule has 0 atom stereocenters. The Morgan fingerprint density at radius 3 is 2.38 bits per heavy atom. The molecule has 0 aliphatic rings. The van der Waals surface area contributed by atoms with E-state index in [-0.39, 0.29) is 12.3 Å². The molecule has 0 spiro atoms. The van der Waals surface area contributed by atoms with Crippen LogP contribution < -0.4 is 4.90 Å². The van der Waals surface area contributed by atoms with E-state index in [9.17, 15) is 9.59 Å². The van der Waals surface area contributed by atoms with Crippen LogP contribution in [0, 0.1) is 0 Å². The molecule has 1 aromatic rings. The van der Waals surface area contributed by atoms with Gasteiger partial charge in [0.1, 0.15) is 6.42 Å². The number of nitrogens with zero attached hydrogens (tertiary/aromatic N) is 1. The molecule has 1 rings (SSSR count). The first-order valence-corrected chi connectivity index (χ1v) is 5.01. The Hall–Kier alpha value is -1.55. The molecule has 1 aromatic carbocycles. The summed E-state index contributed by atoms with van der Waals surface area (Å²) in [7, 11) is 2.84. The van der Waals surface area contributed by atoms with Gasteiger partial charge in [-0.1, -0.05) is 11.6 Å². The summed E-state index contributed by atoms with van der Waals surface area (Å²) in [6.45, 7) is 0. The number of amides is 1. The predicted molar refractivity (Wildman–Crippen MR) is 61.5 cm³/mol. The number of anilines is 1. The van der Waals surface area contributed by atoms with Crippen LogP contribution in [0.25, 0.3) is 0 Å². The Bertz CT molecular complexity index is 389. The molecule has 0 fully saturated rings. The fourth-order valence-corrected chi connectivity index (χ4v) is 1.25. The summed E-state index contributed by atoms with van der Waals surface area (Å²) in [5.74, 6) is -0.875. The van der Waals surface area contributed by atoms with E-state index in [0.29, 0.717) is 10.7 Å². The van der Waals surface area contributed by atoms with Crippen LogP contribution in [-0.2, 0) is 14.3 Å². The van der Waals surface area contributed by atoms with E-state index in [1.54, 1.807) is 31.3 Å². The van der Waals surface area contributed by atoms with Crippen molar-refractivity contribution in [3.05, 3.63) is 29.3 Å². The normalized spacial score (nSPS) is 9.69. The van der Waals surface area contributed by atoms with Gasteiger partial charge in [0, 0.05) is 17.8 Å². The largest absolute Gasteiger partial charge is 0.469 e. The van der Waals surface area contributed by atoms with Crippen molar-refractivity contribution in [2.24, 2.45) is 0 Å². The lowest BCUT2D eigenvalue weighted by Crippen LogP contribution is -2.28. The van der Waals surface area contributed by atoms with Crippen LogP contribution in [0.2, 0.25) is 5.02 Å². The minimum atomic E-state index is -0.550. The van der Waals surface area contributed by atoms with Gasteiger partial charge in [0.05, 0.1) is 7.11 Å². The maximum atomic E-state index is 11.6. The van der Waals surface area contributed by atoms with Gasteiger partial charge in [0.2, 0.25) is 5.91 Å². The van der Waals surface area contributed by atoms with E-state index in [4.69, 9.17) is 11.6 Å². The van der Waals surface area contributed by atoms with Crippen molar-refractivity contribution in [3.8, 4) is 0 Å². The number of methoxy groups -OCH3 is 1. The van der Waals surface area contributed by atoms with Crippen LogP contribution in [0.15, 0.2) is 24.3 Å². The molecular weight excluding hydrogens is 230 g/mol. The van der Waals surface area contributed by atoms with E-state index in [1.807, 2.05) is 0 Å². The number of hydrogen-bond donors (Lipinski definition) is 0. The smallest absolute Gasteiger partial charge is 0.315 e. The van der Waals surface area contributed by atoms with Crippen molar-refractivity contribution in [2.45, 2.75) is 6.42 Å². The zero-order valence-electron chi connectivity index (χ0n) is 9.07. The Labute approximate surface area is 98.8 Å². The number of benzene rings is 1. The van der Waals surface area contributed by atoms with E-state index in [0.717, 1.165) is 0 Å². The fraction of sp³-hybridized carbons (Fsp3) is 0.273. The van der Waals surface area contributed by atoms with Crippen LogP contribution in [0.1, 0.15) is 6.42 Å². The van der Waals surface area contributed by atoms with Gasteiger partial charge in [0.15, 0.2) is 0 Å². The molecule has 0 aliphatic heterocycles. The average molecular weight is 242 g/mol. The lowest BCUT2D eigenvalue weighted by atomic mass is 10.3. The maximum Gasteiger partial charge on any atom is 0.315 e. The summed E-state index contributed by atoms with van der Waals surface area (Å²) < 4.78 is 4.42. The van der Waals surface area contributed by atoms with Crippen molar-refractivity contribution in [2.75, 3.05) is 19.1 Å². The van der Waals surface area contributed by atoms with Crippen molar-refractivity contribution >= 4 is 29.2 Å². The van der Waals surface area contributed by atoms with Gasteiger partial charge in [-0.3, -0.25) is 9.59 Å². The molecule has 0 saturated carbocycles. The summed E-state index contributed by atoms with van der Waals surface area (Å²) in [6, 6.07) is 6.77. The third-order valence-corrected chi connectivity index (χ3v) is 2.36. The minimum Gasteiger partial charge on any atom is -0.469 e. The van der Waals surface area contributed by atoms with Crippen LogP contribution in [0.4, 0.5) is 5.69 Å². The van der Waals surface area contributed by atoms with Crippen molar-refractivity contribution < 1.29 is 14.3 Å². The molecule has 0 heterocycles. The van der Waals surface area contributed by atoms with Gasteiger partial charge >= 0.3 is 5.97 Å². The molecule has 5 heteroatoms. The fourth-order valence-electron chi connectivity index (χ4n) is 1.12. The molecule has 0 bridgehead atoms. The molecule has 0 aliphatic carbocycles. The molecular formula is C11H12ClNO3. The zero-order chi connectivity index (χ0) is 12.1. The Kier molecular flexibility index (Phi) is 4.31. The van der Waals surface area contributed by atoms with Gasteiger partial charge in [-0.05, 0) is 24.3 Å². The van der Waals surface area contributed by atoms with E-state index < -0.39 is 5.97 Å². The van der Waals surface area contributed by atoms with Gasteiger partial charge in [0.25, 0.3) is 0 Å². The second-order valence-corrected chi connectivity index (χ2v) is 3.62. The average Bonchev–Trinajstić information content (AvgIpc) is 2.28. The van der Waals surface area contributed by atoms with Gasteiger partial charge in [-0.2, -0.15) is 0 Å². The third kappa shape index (κ3) is 3.24. The molecule has 0 unspecified atom stereocenters. The van der Waals surface area contributed by atoms with Gasteiger partial charge in [-0.25, -0.2) is 0 Å². The molecule has 0 radical (unpaired) electrons. The van der Waals surface area contributed by atoms with Crippen molar-refractivity contribution in [1.29, 1.82) is 0 Å². The monoisotopic (exact) mass is 241 g/mol. The molecule has 0 saturated heterocycles. The summed E-state index contributed by atoms with van der Waals surface area (Å²) in [6.07, 6.45) is -0.268. The second-order valence-electron chi connectivity index (χ2n) is 3.18. The Morgan fingerprint density at radius 1 is 1.31 bits per heavy atom. The SMILES string of the molecule is COC(=O)CC(=O)N(C)c1ccc(Cl)cc1. The maximum absolute atomic E-state index is 11.6. The van der Waals surface area contributed by atoms with E-state index in [1.165, 1.54) is 12.0 Å². The first-order valence-electron chi connectivity index (χ1n) is 4.63. The highest BCUT2D eigenvalue weighted by Crippen LogP contribution is 2.17.